The Bertz CT molecular complexity index is 1160. The van der Waals surface area contributed by atoms with Crippen molar-refractivity contribution >= 4 is 28.8 Å². The molecule has 3 heterocycles. The normalized spacial score (nSPS) is 13.1. The van der Waals surface area contributed by atoms with E-state index in [1.807, 2.05) is 39.8 Å². The fourth-order valence-electron chi connectivity index (χ4n) is 3.56. The fraction of sp³-hybridized carbons (Fsp3) is 0.368. The number of ether oxygens (including phenoxy) is 1. The molecule has 0 saturated heterocycles. The number of fused-ring (bicyclic) bond motifs is 3. The lowest BCUT2D eigenvalue weighted by Gasteiger charge is -2.15. The van der Waals surface area contributed by atoms with Crippen LogP contribution in [0.15, 0.2) is 39.9 Å². The Labute approximate surface area is 160 Å². The van der Waals surface area contributed by atoms with Crippen molar-refractivity contribution in [1.82, 2.24) is 18.7 Å². The van der Waals surface area contributed by atoms with Gasteiger partial charge < -0.3 is 14.2 Å². The van der Waals surface area contributed by atoms with Gasteiger partial charge in [0.2, 0.25) is 5.95 Å². The number of benzene rings is 1. The largest absolute Gasteiger partial charge is 0.466 e. The first-order valence-corrected chi connectivity index (χ1v) is 9.21. The van der Waals surface area contributed by atoms with Gasteiger partial charge in [-0.15, -0.1) is 0 Å². The number of aromatic nitrogens is 4. The molecule has 2 aromatic heterocycles. The van der Waals surface area contributed by atoms with Gasteiger partial charge in [-0.05, 0) is 19.1 Å². The first-order valence-electron chi connectivity index (χ1n) is 9.21. The Balaban J connectivity index is 1.81. The van der Waals surface area contributed by atoms with E-state index in [0.29, 0.717) is 30.2 Å². The highest BCUT2D eigenvalue weighted by molar-refractivity contribution is 5.77. The molecule has 0 radical (unpaired) electrons. The highest BCUT2D eigenvalue weighted by Crippen LogP contribution is 2.31. The molecular formula is C19H21N5O4. The van der Waals surface area contributed by atoms with Gasteiger partial charge in [0.25, 0.3) is 5.56 Å². The van der Waals surface area contributed by atoms with Crippen molar-refractivity contribution in [2.75, 3.05) is 18.1 Å². The number of esters is 1. The Hall–Kier alpha value is -3.36. The van der Waals surface area contributed by atoms with Crippen LogP contribution < -0.4 is 16.1 Å². The van der Waals surface area contributed by atoms with Crippen LogP contribution in [0.3, 0.4) is 0 Å². The average molecular weight is 383 g/mol. The Kier molecular flexibility index (Phi) is 4.50. The van der Waals surface area contributed by atoms with Gasteiger partial charge in [0.05, 0.1) is 13.0 Å². The lowest BCUT2D eigenvalue weighted by atomic mass is 10.3. The Morgan fingerprint density at radius 1 is 1.18 bits per heavy atom. The van der Waals surface area contributed by atoms with Crippen LogP contribution in [0.5, 0.6) is 0 Å². The molecule has 0 fully saturated rings. The molecule has 0 aliphatic carbocycles. The van der Waals surface area contributed by atoms with Crippen LogP contribution in [-0.4, -0.2) is 37.8 Å². The van der Waals surface area contributed by atoms with Crippen LogP contribution in [-0.2, 0) is 29.7 Å². The third-order valence-corrected chi connectivity index (χ3v) is 4.91. The minimum atomic E-state index is -0.496. The molecule has 0 amide bonds. The highest BCUT2D eigenvalue weighted by Gasteiger charge is 2.28. The van der Waals surface area contributed by atoms with Gasteiger partial charge in [-0.2, -0.15) is 4.98 Å². The van der Waals surface area contributed by atoms with E-state index < -0.39 is 17.2 Å². The summed E-state index contributed by atoms with van der Waals surface area (Å²) in [6, 6.07) is 9.78. The van der Waals surface area contributed by atoms with Crippen molar-refractivity contribution in [2.24, 2.45) is 7.05 Å². The molecule has 28 heavy (non-hydrogen) atoms. The summed E-state index contributed by atoms with van der Waals surface area (Å²) in [7, 11) is 1.58. The van der Waals surface area contributed by atoms with E-state index in [9.17, 15) is 14.4 Å². The first-order chi connectivity index (χ1) is 13.5. The molecule has 1 aliphatic rings. The summed E-state index contributed by atoms with van der Waals surface area (Å²) in [5, 5.41) is 0. The summed E-state index contributed by atoms with van der Waals surface area (Å²) in [6.45, 7) is 3.22. The molecule has 0 spiro atoms. The maximum atomic E-state index is 13.1. The molecule has 146 valence electrons. The monoisotopic (exact) mass is 383 g/mol. The number of anilines is 2. The number of carbonyl (C=O) groups is 1. The van der Waals surface area contributed by atoms with Crippen molar-refractivity contribution in [2.45, 2.75) is 26.4 Å². The Morgan fingerprint density at radius 2 is 1.93 bits per heavy atom. The van der Waals surface area contributed by atoms with Gasteiger partial charge in [0, 0.05) is 32.4 Å². The number of nitrogens with zero attached hydrogens (tertiary/aromatic N) is 5. The molecule has 0 bridgehead atoms. The van der Waals surface area contributed by atoms with Crippen LogP contribution in [0.2, 0.25) is 0 Å². The minimum Gasteiger partial charge on any atom is -0.466 e. The molecule has 0 atom stereocenters. The van der Waals surface area contributed by atoms with E-state index >= 15 is 0 Å². The number of para-hydroxylation sites is 1. The first kappa shape index (κ1) is 18.0. The summed E-state index contributed by atoms with van der Waals surface area (Å²) >= 11 is 0. The molecule has 0 saturated carbocycles. The van der Waals surface area contributed by atoms with Crippen molar-refractivity contribution in [1.29, 1.82) is 0 Å². The third kappa shape index (κ3) is 2.79. The maximum Gasteiger partial charge on any atom is 0.332 e. The summed E-state index contributed by atoms with van der Waals surface area (Å²) in [6.07, 6.45) is -0.0361. The molecule has 1 aromatic carbocycles. The highest BCUT2D eigenvalue weighted by atomic mass is 16.5. The van der Waals surface area contributed by atoms with E-state index in [1.165, 1.54) is 4.57 Å². The molecule has 9 heteroatoms. The van der Waals surface area contributed by atoms with Gasteiger partial charge in [-0.25, -0.2) is 4.79 Å². The molecular weight excluding hydrogens is 362 g/mol. The number of rotatable bonds is 5. The SMILES string of the molecule is CCOC(=O)CCn1c(=O)c2c(nc3n2CCN3c2ccccc2)n(C)c1=O. The van der Waals surface area contributed by atoms with Crippen molar-refractivity contribution in [3.05, 3.63) is 51.2 Å². The predicted octanol–water partition coefficient (Wildman–Crippen LogP) is 1.00. The number of hydrogen-bond donors (Lipinski definition) is 0. The second-order valence-corrected chi connectivity index (χ2v) is 6.58. The van der Waals surface area contributed by atoms with Gasteiger partial charge in [0.15, 0.2) is 11.2 Å². The van der Waals surface area contributed by atoms with E-state index in [4.69, 9.17) is 4.74 Å². The maximum absolute atomic E-state index is 13.1. The molecule has 1 aliphatic heterocycles. The summed E-state index contributed by atoms with van der Waals surface area (Å²) in [4.78, 5) is 44.0. The third-order valence-electron chi connectivity index (χ3n) is 4.91. The lowest BCUT2D eigenvalue weighted by Crippen LogP contribution is -2.40. The smallest absolute Gasteiger partial charge is 0.332 e. The van der Waals surface area contributed by atoms with E-state index in [0.717, 1.165) is 10.3 Å². The lowest BCUT2D eigenvalue weighted by molar-refractivity contribution is -0.143. The molecule has 0 unspecified atom stereocenters. The van der Waals surface area contributed by atoms with Crippen molar-refractivity contribution in [3.63, 3.8) is 0 Å². The topological polar surface area (TPSA) is 91.4 Å². The summed E-state index contributed by atoms with van der Waals surface area (Å²) < 4.78 is 9.17. The second-order valence-electron chi connectivity index (χ2n) is 6.58. The van der Waals surface area contributed by atoms with Gasteiger partial charge in [0.1, 0.15) is 0 Å². The zero-order valence-corrected chi connectivity index (χ0v) is 15.8. The van der Waals surface area contributed by atoms with Crippen LogP contribution in [0.1, 0.15) is 13.3 Å². The standard InChI is InChI=1S/C19H21N5O4/c1-3-28-14(25)9-10-24-17(26)15-16(21(2)19(24)27)20-18-22(11-12-23(15)18)13-7-5-4-6-8-13/h4-8H,3,9-12H2,1-2H3. The zero-order chi connectivity index (χ0) is 19.8. The van der Waals surface area contributed by atoms with Gasteiger partial charge in [-0.3, -0.25) is 18.7 Å². The van der Waals surface area contributed by atoms with Crippen molar-refractivity contribution < 1.29 is 9.53 Å². The predicted molar refractivity (Wildman–Crippen MR) is 104 cm³/mol. The van der Waals surface area contributed by atoms with Crippen LogP contribution in [0.4, 0.5) is 11.6 Å². The minimum absolute atomic E-state index is 0.0246. The number of hydrogen-bond acceptors (Lipinski definition) is 6. The molecule has 9 nitrogen and oxygen atoms in total. The van der Waals surface area contributed by atoms with Crippen molar-refractivity contribution in [3.8, 4) is 0 Å². The molecule has 4 rings (SSSR count). The van der Waals surface area contributed by atoms with Crippen LogP contribution in [0.25, 0.3) is 11.2 Å². The number of carbonyl (C=O) groups excluding carboxylic acids is 1. The summed E-state index contributed by atoms with van der Waals surface area (Å²) in [5.74, 6) is 0.196. The summed E-state index contributed by atoms with van der Waals surface area (Å²) in [5.41, 5.74) is 0.766. The number of aryl methyl sites for hydroxylation is 1. The Morgan fingerprint density at radius 3 is 2.64 bits per heavy atom. The van der Waals surface area contributed by atoms with E-state index in [2.05, 4.69) is 4.98 Å². The molecule has 0 N–H and O–H groups in total. The van der Waals surface area contributed by atoms with Gasteiger partial charge in [-0.1, -0.05) is 18.2 Å². The number of imidazole rings is 1. The quantitative estimate of drug-likeness (QED) is 0.611. The van der Waals surface area contributed by atoms with Crippen LogP contribution >= 0.6 is 0 Å². The molecule has 3 aromatic rings. The van der Waals surface area contributed by atoms with Gasteiger partial charge >= 0.3 is 11.7 Å². The second kappa shape index (κ2) is 6.99. The average Bonchev–Trinajstić information content (AvgIpc) is 3.26. The fourth-order valence-corrected chi connectivity index (χ4v) is 3.56. The van der Waals surface area contributed by atoms with E-state index in [1.54, 1.807) is 14.0 Å². The van der Waals surface area contributed by atoms with E-state index in [-0.39, 0.29) is 19.6 Å². The zero-order valence-electron chi connectivity index (χ0n) is 15.8. The van der Waals surface area contributed by atoms with Crippen LogP contribution in [0, 0.1) is 0 Å².